The minimum atomic E-state index is -0.0318. The first-order valence-electron chi connectivity index (χ1n) is 5.65. The Balaban J connectivity index is 1.75. The minimum Gasteiger partial charge on any atom is -0.466 e. The van der Waals surface area contributed by atoms with Crippen molar-refractivity contribution in [3.05, 3.63) is 0 Å². The summed E-state index contributed by atoms with van der Waals surface area (Å²) < 4.78 is 4.96. The Morgan fingerprint density at radius 3 is 2.86 bits per heavy atom. The molecular weight excluding hydrogens is 178 g/mol. The van der Waals surface area contributed by atoms with Gasteiger partial charge in [0.15, 0.2) is 0 Å². The molecule has 0 bridgehead atoms. The smallest absolute Gasteiger partial charge is 0.306 e. The molecule has 2 fully saturated rings. The van der Waals surface area contributed by atoms with Crippen LogP contribution in [0.4, 0.5) is 0 Å². The van der Waals surface area contributed by atoms with Crippen molar-refractivity contribution in [3.63, 3.8) is 0 Å². The van der Waals surface area contributed by atoms with Crippen LogP contribution in [0.25, 0.3) is 0 Å². The SMILES string of the molecule is CCOC(=O)CC1CNC2(CCC2)C1. The summed E-state index contributed by atoms with van der Waals surface area (Å²) in [7, 11) is 0. The van der Waals surface area contributed by atoms with Crippen molar-refractivity contribution >= 4 is 5.97 Å². The van der Waals surface area contributed by atoms with Gasteiger partial charge < -0.3 is 10.1 Å². The van der Waals surface area contributed by atoms with Crippen molar-refractivity contribution in [2.24, 2.45) is 5.92 Å². The molecule has 3 heteroatoms. The third-order valence-electron chi connectivity index (χ3n) is 3.52. The molecule has 0 amide bonds. The van der Waals surface area contributed by atoms with E-state index in [0.29, 0.717) is 24.5 Å². The minimum absolute atomic E-state index is 0.0318. The second-order valence-electron chi connectivity index (χ2n) is 4.59. The average molecular weight is 197 g/mol. The molecule has 0 aromatic heterocycles. The zero-order valence-corrected chi connectivity index (χ0v) is 8.84. The van der Waals surface area contributed by atoms with Gasteiger partial charge >= 0.3 is 5.97 Å². The number of carbonyl (C=O) groups excluding carboxylic acids is 1. The fourth-order valence-corrected chi connectivity index (χ4v) is 2.64. The highest BCUT2D eigenvalue weighted by Crippen LogP contribution is 2.41. The van der Waals surface area contributed by atoms with Crippen LogP contribution in [0.15, 0.2) is 0 Å². The van der Waals surface area contributed by atoms with Gasteiger partial charge in [0.25, 0.3) is 0 Å². The van der Waals surface area contributed by atoms with Gasteiger partial charge in [-0.2, -0.15) is 0 Å². The number of nitrogens with one attached hydrogen (secondary N) is 1. The van der Waals surface area contributed by atoms with E-state index in [1.165, 1.54) is 25.7 Å². The van der Waals surface area contributed by atoms with E-state index in [1.807, 2.05) is 6.92 Å². The average Bonchev–Trinajstić information content (AvgIpc) is 2.48. The number of rotatable bonds is 3. The van der Waals surface area contributed by atoms with E-state index in [0.717, 1.165) is 6.54 Å². The quantitative estimate of drug-likeness (QED) is 0.696. The standard InChI is InChI=1S/C11H19NO2/c1-2-14-10(13)6-9-7-11(12-8-9)4-3-5-11/h9,12H,2-8H2,1H3. The lowest BCUT2D eigenvalue weighted by molar-refractivity contribution is -0.144. The molecule has 1 heterocycles. The first-order chi connectivity index (χ1) is 6.74. The van der Waals surface area contributed by atoms with Crippen LogP contribution in [0.3, 0.4) is 0 Å². The number of hydrogen-bond donors (Lipinski definition) is 1. The molecule has 1 saturated heterocycles. The molecule has 1 aliphatic carbocycles. The summed E-state index contributed by atoms with van der Waals surface area (Å²) in [6, 6.07) is 0. The summed E-state index contributed by atoms with van der Waals surface area (Å²) >= 11 is 0. The van der Waals surface area contributed by atoms with E-state index in [4.69, 9.17) is 4.74 Å². The molecule has 2 aliphatic rings. The van der Waals surface area contributed by atoms with Crippen LogP contribution in [0, 0.1) is 5.92 Å². The molecule has 0 aromatic rings. The summed E-state index contributed by atoms with van der Waals surface area (Å²) in [4.78, 5) is 11.3. The molecule has 1 saturated carbocycles. The third-order valence-corrected chi connectivity index (χ3v) is 3.52. The Bertz CT molecular complexity index is 223. The zero-order chi connectivity index (χ0) is 10.0. The molecule has 1 N–H and O–H groups in total. The lowest BCUT2D eigenvalue weighted by atomic mass is 9.74. The Morgan fingerprint density at radius 2 is 2.36 bits per heavy atom. The van der Waals surface area contributed by atoms with Gasteiger partial charge in [-0.05, 0) is 45.1 Å². The summed E-state index contributed by atoms with van der Waals surface area (Å²) in [6.45, 7) is 3.36. The summed E-state index contributed by atoms with van der Waals surface area (Å²) in [5.74, 6) is 0.477. The van der Waals surface area contributed by atoms with Crippen molar-refractivity contribution in [2.75, 3.05) is 13.2 Å². The van der Waals surface area contributed by atoms with E-state index in [-0.39, 0.29) is 5.97 Å². The largest absolute Gasteiger partial charge is 0.466 e. The molecule has 0 aromatic carbocycles. The maximum atomic E-state index is 11.3. The van der Waals surface area contributed by atoms with Crippen molar-refractivity contribution in [1.82, 2.24) is 5.32 Å². The van der Waals surface area contributed by atoms with E-state index in [9.17, 15) is 4.79 Å². The first kappa shape index (κ1) is 9.97. The van der Waals surface area contributed by atoms with Crippen molar-refractivity contribution < 1.29 is 9.53 Å². The summed E-state index contributed by atoms with van der Waals surface area (Å²) in [5.41, 5.74) is 0.414. The van der Waals surface area contributed by atoms with E-state index in [2.05, 4.69) is 5.32 Å². The molecule has 3 nitrogen and oxygen atoms in total. The van der Waals surface area contributed by atoms with Crippen LogP contribution >= 0.6 is 0 Å². The van der Waals surface area contributed by atoms with Crippen molar-refractivity contribution in [3.8, 4) is 0 Å². The zero-order valence-electron chi connectivity index (χ0n) is 8.84. The predicted octanol–water partition coefficient (Wildman–Crippen LogP) is 1.47. The maximum Gasteiger partial charge on any atom is 0.306 e. The molecule has 1 atom stereocenters. The van der Waals surface area contributed by atoms with E-state index in [1.54, 1.807) is 0 Å². The fourth-order valence-electron chi connectivity index (χ4n) is 2.64. The Kier molecular flexibility index (Phi) is 2.77. The third kappa shape index (κ3) is 1.92. The number of hydrogen-bond acceptors (Lipinski definition) is 3. The molecule has 1 spiro atoms. The molecule has 80 valence electrons. The molecule has 14 heavy (non-hydrogen) atoms. The molecule has 1 unspecified atom stereocenters. The van der Waals surface area contributed by atoms with Crippen LogP contribution in [0.1, 0.15) is 39.0 Å². The number of esters is 1. The van der Waals surface area contributed by atoms with Gasteiger partial charge in [0.1, 0.15) is 0 Å². The monoisotopic (exact) mass is 197 g/mol. The summed E-state index contributed by atoms with van der Waals surface area (Å²) in [5, 5.41) is 3.56. The van der Waals surface area contributed by atoms with E-state index >= 15 is 0 Å². The first-order valence-corrected chi connectivity index (χ1v) is 5.65. The van der Waals surface area contributed by atoms with Gasteiger partial charge in [-0.25, -0.2) is 0 Å². The highest BCUT2D eigenvalue weighted by atomic mass is 16.5. The lowest BCUT2D eigenvalue weighted by Gasteiger charge is -2.38. The highest BCUT2D eigenvalue weighted by Gasteiger charge is 2.43. The molecule has 1 aliphatic heterocycles. The lowest BCUT2D eigenvalue weighted by Crippen LogP contribution is -2.45. The highest BCUT2D eigenvalue weighted by molar-refractivity contribution is 5.69. The van der Waals surface area contributed by atoms with Crippen LogP contribution in [0.5, 0.6) is 0 Å². The van der Waals surface area contributed by atoms with E-state index < -0.39 is 0 Å². The van der Waals surface area contributed by atoms with Gasteiger partial charge in [0, 0.05) is 12.0 Å². The molecular formula is C11H19NO2. The van der Waals surface area contributed by atoms with Crippen LogP contribution in [-0.4, -0.2) is 24.7 Å². The molecule has 0 radical (unpaired) electrons. The predicted molar refractivity (Wildman–Crippen MR) is 53.9 cm³/mol. The Labute approximate surface area is 85.2 Å². The maximum absolute atomic E-state index is 11.3. The van der Waals surface area contributed by atoms with Gasteiger partial charge in [-0.15, -0.1) is 0 Å². The molecule has 2 rings (SSSR count). The normalized spacial score (nSPS) is 28.8. The number of carbonyl (C=O) groups is 1. The van der Waals surface area contributed by atoms with Crippen molar-refractivity contribution in [1.29, 1.82) is 0 Å². The second kappa shape index (κ2) is 3.89. The van der Waals surface area contributed by atoms with Gasteiger partial charge in [0.2, 0.25) is 0 Å². The van der Waals surface area contributed by atoms with Crippen molar-refractivity contribution in [2.45, 2.75) is 44.6 Å². The second-order valence-corrected chi connectivity index (χ2v) is 4.59. The van der Waals surface area contributed by atoms with Crippen LogP contribution in [-0.2, 0) is 9.53 Å². The topological polar surface area (TPSA) is 38.3 Å². The Hall–Kier alpha value is -0.570. The van der Waals surface area contributed by atoms with Crippen LogP contribution in [0.2, 0.25) is 0 Å². The van der Waals surface area contributed by atoms with Gasteiger partial charge in [-0.3, -0.25) is 4.79 Å². The van der Waals surface area contributed by atoms with Crippen LogP contribution < -0.4 is 5.32 Å². The van der Waals surface area contributed by atoms with Gasteiger partial charge in [0.05, 0.1) is 6.61 Å². The fraction of sp³-hybridized carbons (Fsp3) is 0.909. The number of ether oxygens (including phenoxy) is 1. The summed E-state index contributed by atoms with van der Waals surface area (Å²) in [6.07, 6.45) is 5.71. The van der Waals surface area contributed by atoms with Gasteiger partial charge in [-0.1, -0.05) is 0 Å². The Morgan fingerprint density at radius 1 is 1.57 bits per heavy atom.